The van der Waals surface area contributed by atoms with Crippen molar-refractivity contribution in [3.63, 3.8) is 0 Å². The number of hydrogen-bond acceptors (Lipinski definition) is 5. The van der Waals surface area contributed by atoms with Crippen molar-refractivity contribution in [1.82, 2.24) is 4.98 Å². The maximum Gasteiger partial charge on any atom is 0.376 e. The molecule has 0 aromatic carbocycles. The molecule has 5 heteroatoms. The predicted molar refractivity (Wildman–Crippen MR) is 71.2 cm³/mol. The molecule has 0 aliphatic carbocycles. The highest BCUT2D eigenvalue weighted by molar-refractivity contribution is 5.87. The Hall–Kier alpha value is -1.36. The summed E-state index contributed by atoms with van der Waals surface area (Å²) in [7, 11) is 2.93. The summed E-state index contributed by atoms with van der Waals surface area (Å²) in [5.41, 5.74) is -0.369. The molecule has 0 spiro atoms. The molecular formula is C14H23NO4. The second kappa shape index (κ2) is 5.33. The number of aromatic nitrogens is 1. The van der Waals surface area contributed by atoms with Crippen LogP contribution in [-0.2, 0) is 20.5 Å². The van der Waals surface area contributed by atoms with Crippen molar-refractivity contribution in [2.75, 3.05) is 14.2 Å². The van der Waals surface area contributed by atoms with E-state index in [4.69, 9.17) is 13.9 Å². The Kier molecular flexibility index (Phi) is 4.40. The summed E-state index contributed by atoms with van der Waals surface area (Å²) in [6.07, 6.45) is 0.689. The number of esters is 1. The third-order valence-electron chi connectivity index (χ3n) is 3.29. The number of oxazole rings is 1. The van der Waals surface area contributed by atoms with Gasteiger partial charge in [-0.15, -0.1) is 0 Å². The summed E-state index contributed by atoms with van der Waals surface area (Å²) in [5.74, 6) is 0.0442. The summed E-state index contributed by atoms with van der Waals surface area (Å²) >= 11 is 0. The molecule has 0 bridgehead atoms. The van der Waals surface area contributed by atoms with E-state index in [1.165, 1.54) is 7.11 Å². The minimum Gasteiger partial charge on any atom is -0.463 e. The molecule has 108 valence electrons. The Morgan fingerprint density at radius 2 is 1.84 bits per heavy atom. The first-order valence-electron chi connectivity index (χ1n) is 6.34. The quantitative estimate of drug-likeness (QED) is 0.786. The van der Waals surface area contributed by atoms with E-state index >= 15 is 0 Å². The molecule has 5 nitrogen and oxygen atoms in total. The second-order valence-corrected chi connectivity index (χ2v) is 5.73. The summed E-state index contributed by atoms with van der Waals surface area (Å²) in [6, 6.07) is 0. The van der Waals surface area contributed by atoms with Gasteiger partial charge in [-0.3, -0.25) is 0 Å². The lowest BCUT2D eigenvalue weighted by atomic mass is 9.91. The molecule has 1 aromatic heterocycles. The van der Waals surface area contributed by atoms with Crippen LogP contribution >= 0.6 is 0 Å². The van der Waals surface area contributed by atoms with E-state index in [1.54, 1.807) is 7.11 Å². The fraction of sp³-hybridized carbons (Fsp3) is 0.714. The van der Waals surface area contributed by atoms with Crippen molar-refractivity contribution >= 4 is 5.97 Å². The van der Waals surface area contributed by atoms with Crippen molar-refractivity contribution in [2.45, 2.75) is 52.1 Å². The normalized spacial score (nSPS) is 15.1. The minimum absolute atomic E-state index is 0.154. The van der Waals surface area contributed by atoms with E-state index in [9.17, 15) is 4.79 Å². The zero-order chi connectivity index (χ0) is 14.8. The first-order chi connectivity index (χ1) is 8.69. The molecule has 19 heavy (non-hydrogen) atoms. The number of nitrogens with zero attached hydrogens (tertiary/aromatic N) is 1. The zero-order valence-corrected chi connectivity index (χ0v) is 12.8. The predicted octanol–water partition coefficient (Wildman–Crippen LogP) is 3.03. The first kappa shape index (κ1) is 15.7. The highest BCUT2D eigenvalue weighted by atomic mass is 16.5. The third kappa shape index (κ3) is 2.97. The molecule has 0 amide bonds. The van der Waals surface area contributed by atoms with Gasteiger partial charge in [-0.25, -0.2) is 9.78 Å². The van der Waals surface area contributed by atoms with Crippen molar-refractivity contribution in [1.29, 1.82) is 0 Å². The molecule has 0 aliphatic rings. The number of hydrogen-bond donors (Lipinski definition) is 0. The lowest BCUT2D eigenvalue weighted by Gasteiger charge is -2.22. The van der Waals surface area contributed by atoms with Gasteiger partial charge in [0, 0.05) is 12.5 Å². The Labute approximate surface area is 114 Å². The zero-order valence-electron chi connectivity index (χ0n) is 12.8. The van der Waals surface area contributed by atoms with Gasteiger partial charge >= 0.3 is 5.97 Å². The van der Waals surface area contributed by atoms with Crippen LogP contribution in [0, 0.1) is 0 Å². The van der Waals surface area contributed by atoms with Crippen LogP contribution in [0.15, 0.2) is 4.42 Å². The standard InChI is InChI=1S/C14H23NO4/c1-8-14(5,18-7)12-15-10(13(2,3)4)9(19-12)11(16)17-6/h8H2,1-7H3. The number of rotatable bonds is 4. The smallest absolute Gasteiger partial charge is 0.376 e. The van der Waals surface area contributed by atoms with E-state index in [0.29, 0.717) is 18.0 Å². The first-order valence-corrected chi connectivity index (χ1v) is 6.34. The Bertz CT molecular complexity index is 453. The van der Waals surface area contributed by atoms with Crippen LogP contribution in [0.4, 0.5) is 0 Å². The maximum atomic E-state index is 11.8. The average molecular weight is 269 g/mol. The number of methoxy groups -OCH3 is 2. The Balaban J connectivity index is 3.41. The monoisotopic (exact) mass is 269 g/mol. The number of carbonyl (C=O) groups is 1. The fourth-order valence-corrected chi connectivity index (χ4v) is 1.67. The van der Waals surface area contributed by atoms with E-state index in [0.717, 1.165) is 0 Å². The summed E-state index contributed by atoms with van der Waals surface area (Å²) in [5, 5.41) is 0. The molecule has 0 fully saturated rings. The molecule has 0 N–H and O–H groups in total. The molecule has 1 aromatic rings. The van der Waals surface area contributed by atoms with Gasteiger partial charge in [-0.2, -0.15) is 0 Å². The minimum atomic E-state index is -0.647. The van der Waals surface area contributed by atoms with Crippen LogP contribution < -0.4 is 0 Å². The Morgan fingerprint density at radius 3 is 2.21 bits per heavy atom. The lowest BCUT2D eigenvalue weighted by molar-refractivity contribution is -0.0243. The van der Waals surface area contributed by atoms with Crippen molar-refractivity contribution in [3.05, 3.63) is 17.3 Å². The molecule has 0 radical (unpaired) electrons. The SMILES string of the molecule is CCC(C)(OC)c1nc(C(C)(C)C)c(C(=O)OC)o1. The summed E-state index contributed by atoms with van der Waals surface area (Å²) in [6.45, 7) is 9.76. The van der Waals surface area contributed by atoms with Gasteiger partial charge in [0.05, 0.1) is 12.8 Å². The van der Waals surface area contributed by atoms with Gasteiger partial charge in [-0.1, -0.05) is 27.7 Å². The van der Waals surface area contributed by atoms with Crippen molar-refractivity contribution in [3.8, 4) is 0 Å². The van der Waals surface area contributed by atoms with E-state index < -0.39 is 11.6 Å². The number of carbonyl (C=O) groups excluding carboxylic acids is 1. The molecule has 1 atom stereocenters. The van der Waals surface area contributed by atoms with Crippen molar-refractivity contribution in [2.24, 2.45) is 0 Å². The van der Waals surface area contributed by atoms with Gasteiger partial charge in [0.25, 0.3) is 0 Å². The molecule has 0 saturated heterocycles. The van der Waals surface area contributed by atoms with E-state index in [1.807, 2.05) is 34.6 Å². The van der Waals surface area contributed by atoms with Crippen LogP contribution in [-0.4, -0.2) is 25.2 Å². The van der Waals surface area contributed by atoms with E-state index in [2.05, 4.69) is 4.98 Å². The average Bonchev–Trinajstić information content (AvgIpc) is 2.82. The molecule has 1 rings (SSSR count). The molecule has 0 aliphatic heterocycles. The topological polar surface area (TPSA) is 61.6 Å². The van der Waals surface area contributed by atoms with Crippen LogP contribution in [0.2, 0.25) is 0 Å². The Morgan fingerprint density at radius 1 is 1.26 bits per heavy atom. The maximum absolute atomic E-state index is 11.8. The van der Waals surface area contributed by atoms with E-state index in [-0.39, 0.29) is 11.2 Å². The number of ether oxygens (including phenoxy) is 2. The van der Waals surface area contributed by atoms with Gasteiger partial charge < -0.3 is 13.9 Å². The molecular weight excluding hydrogens is 246 g/mol. The highest BCUT2D eigenvalue weighted by Gasteiger charge is 2.36. The van der Waals surface area contributed by atoms with Gasteiger partial charge in [0.1, 0.15) is 5.60 Å². The third-order valence-corrected chi connectivity index (χ3v) is 3.29. The van der Waals surface area contributed by atoms with Crippen molar-refractivity contribution < 1.29 is 18.7 Å². The second-order valence-electron chi connectivity index (χ2n) is 5.73. The summed E-state index contributed by atoms with van der Waals surface area (Å²) in [4.78, 5) is 16.3. The van der Waals surface area contributed by atoms with Gasteiger partial charge in [-0.05, 0) is 13.3 Å². The van der Waals surface area contributed by atoms with Gasteiger partial charge in [0.15, 0.2) is 0 Å². The summed E-state index contributed by atoms with van der Waals surface area (Å²) < 4.78 is 15.8. The van der Waals surface area contributed by atoms with Crippen LogP contribution in [0.25, 0.3) is 0 Å². The molecule has 1 heterocycles. The highest BCUT2D eigenvalue weighted by Crippen LogP contribution is 2.33. The largest absolute Gasteiger partial charge is 0.463 e. The fourth-order valence-electron chi connectivity index (χ4n) is 1.67. The molecule has 1 unspecified atom stereocenters. The van der Waals surface area contributed by atoms with Gasteiger partial charge in [0.2, 0.25) is 11.7 Å². The van der Waals surface area contributed by atoms with Crippen LogP contribution in [0.3, 0.4) is 0 Å². The van der Waals surface area contributed by atoms with Crippen LogP contribution in [0.5, 0.6) is 0 Å². The van der Waals surface area contributed by atoms with Crippen LogP contribution in [0.1, 0.15) is 63.2 Å². The lowest BCUT2D eigenvalue weighted by Crippen LogP contribution is -2.24. The molecule has 0 saturated carbocycles.